The molecule has 0 aliphatic carbocycles. The molecule has 0 aromatic carbocycles. The molecule has 0 aromatic heterocycles. The minimum absolute atomic E-state index is 0.0641. The molecule has 54 heavy (non-hydrogen) atoms. The smallest absolute Gasteiger partial charge is 0.387 e. The molecule has 0 spiro atoms. The van der Waals surface area contributed by atoms with Gasteiger partial charge in [0.1, 0.15) is 0 Å². The van der Waals surface area contributed by atoms with Gasteiger partial charge in [0.25, 0.3) is 0 Å². The van der Waals surface area contributed by atoms with Crippen molar-refractivity contribution in [1.82, 2.24) is 5.32 Å². The fourth-order valence-corrected chi connectivity index (χ4v) is 5.99. The van der Waals surface area contributed by atoms with Crippen molar-refractivity contribution in [3.8, 4) is 0 Å². The third-order valence-electron chi connectivity index (χ3n) is 8.37. The van der Waals surface area contributed by atoms with Crippen LogP contribution in [0.1, 0.15) is 149 Å². The van der Waals surface area contributed by atoms with Crippen LogP contribution in [-0.4, -0.2) is 47.8 Å². The monoisotopic (exact) mass is 773 g/mol. The average Bonchev–Trinajstić information content (AvgIpc) is 3.16. The second-order valence-corrected chi connectivity index (χ2v) is 14.9. The minimum Gasteiger partial charge on any atom is -0.387 e. The van der Waals surface area contributed by atoms with Crippen LogP contribution in [-0.2, 0) is 18.4 Å². The number of nitrogens with one attached hydrogen (secondary N) is 1. The third kappa shape index (κ3) is 37.7. The van der Waals surface area contributed by atoms with Crippen LogP contribution in [0.25, 0.3) is 0 Å². The maximum absolute atomic E-state index is 12.7. The van der Waals surface area contributed by atoms with E-state index in [0.29, 0.717) is 6.42 Å². The Labute approximate surface area is 330 Å². The highest BCUT2D eigenvalue weighted by Crippen LogP contribution is 2.43. The molecule has 9 heteroatoms. The summed E-state index contributed by atoms with van der Waals surface area (Å²) in [5.41, 5.74) is 5.36. The van der Waals surface area contributed by atoms with E-state index in [1.807, 2.05) is 6.08 Å². The standard InChI is InChI=1S/C45H77N2O6P/c1-3-5-7-9-11-13-15-17-18-19-20-21-22-23-24-25-26-27-29-31-33-35-37-39-45(49)47-43(42-53-54(50,51)52-41-40-46)44(48)38-36-34-32-30-28-16-14-12-10-8-6-4-2/h5,7,10-13,17-18,20-21,23-24,28,30,36,38,43-44,48H,3-4,6,8-9,14-16,19,22,25-27,29,31-35,37,39-42,46H2,1-2H3,(H,47,49)(H,50,51)/b7-5-,12-10+,13-11-,18-17-,21-20-,24-23-,30-28+,38-36+. The van der Waals surface area contributed by atoms with Crippen molar-refractivity contribution in [3.63, 3.8) is 0 Å². The summed E-state index contributed by atoms with van der Waals surface area (Å²) < 4.78 is 22.0. The normalized spacial score (nSPS) is 15.1. The van der Waals surface area contributed by atoms with Crippen molar-refractivity contribution in [1.29, 1.82) is 0 Å². The number of unbranched alkanes of at least 4 members (excludes halogenated alkanes) is 11. The quantitative estimate of drug-likeness (QED) is 0.0281. The van der Waals surface area contributed by atoms with Crippen LogP contribution in [0, 0.1) is 0 Å². The Morgan fingerprint density at radius 3 is 1.65 bits per heavy atom. The van der Waals surface area contributed by atoms with E-state index in [1.54, 1.807) is 6.08 Å². The van der Waals surface area contributed by atoms with Crippen LogP contribution in [0.4, 0.5) is 0 Å². The molecule has 0 bridgehead atoms. The lowest BCUT2D eigenvalue weighted by atomic mass is 10.1. The van der Waals surface area contributed by atoms with Gasteiger partial charge in [0.15, 0.2) is 0 Å². The fraction of sp³-hybridized carbons (Fsp3) is 0.622. The summed E-state index contributed by atoms with van der Waals surface area (Å²) in [6, 6.07) is -0.895. The van der Waals surface area contributed by atoms with Crippen LogP contribution >= 0.6 is 7.82 Å². The number of phosphoric ester groups is 1. The molecule has 0 heterocycles. The summed E-state index contributed by atoms with van der Waals surface area (Å²) in [7, 11) is -4.36. The molecule has 5 N–H and O–H groups in total. The Morgan fingerprint density at radius 2 is 1.09 bits per heavy atom. The Balaban J connectivity index is 4.27. The molecule has 0 aliphatic rings. The lowest BCUT2D eigenvalue weighted by molar-refractivity contribution is -0.123. The number of rotatable bonds is 37. The molecule has 0 aromatic rings. The van der Waals surface area contributed by atoms with E-state index in [0.717, 1.165) is 96.3 Å². The van der Waals surface area contributed by atoms with Crippen molar-refractivity contribution >= 4 is 13.7 Å². The number of nitrogens with two attached hydrogens (primary N) is 1. The number of carbonyl (C=O) groups is 1. The molecule has 0 saturated heterocycles. The summed E-state index contributed by atoms with van der Waals surface area (Å²) in [6.45, 7) is 3.90. The average molecular weight is 773 g/mol. The number of allylic oxidation sites excluding steroid dienone is 15. The first-order valence-electron chi connectivity index (χ1n) is 20.9. The number of hydrogen-bond donors (Lipinski definition) is 4. The van der Waals surface area contributed by atoms with Gasteiger partial charge >= 0.3 is 7.82 Å². The summed E-state index contributed by atoms with van der Waals surface area (Å²) in [5, 5.41) is 13.6. The van der Waals surface area contributed by atoms with Gasteiger partial charge in [-0.2, -0.15) is 0 Å². The van der Waals surface area contributed by atoms with Gasteiger partial charge in [-0.3, -0.25) is 13.8 Å². The first kappa shape index (κ1) is 51.4. The van der Waals surface area contributed by atoms with Crippen LogP contribution < -0.4 is 11.1 Å². The molecule has 0 aliphatic heterocycles. The van der Waals surface area contributed by atoms with Gasteiger partial charge in [0, 0.05) is 13.0 Å². The lowest BCUT2D eigenvalue weighted by Crippen LogP contribution is -2.45. The fourth-order valence-electron chi connectivity index (χ4n) is 5.23. The van der Waals surface area contributed by atoms with Crippen LogP contribution in [0.2, 0.25) is 0 Å². The SMILES string of the molecule is CC/C=C\C/C=C\C/C=C\C/C=C\C/C=C\CCCCCCCCCC(=O)NC(COP(=O)(O)OCCN)C(O)/C=C/CC/C=C/CC/C=C/CCCC. The molecular formula is C45H77N2O6P. The van der Waals surface area contributed by atoms with Gasteiger partial charge in [0.2, 0.25) is 5.91 Å². The Kier molecular flexibility index (Phi) is 38.2. The van der Waals surface area contributed by atoms with Crippen molar-refractivity contribution in [3.05, 3.63) is 97.2 Å². The Morgan fingerprint density at radius 1 is 0.630 bits per heavy atom. The summed E-state index contributed by atoms with van der Waals surface area (Å²) >= 11 is 0. The molecule has 0 fully saturated rings. The van der Waals surface area contributed by atoms with Gasteiger partial charge in [-0.15, -0.1) is 0 Å². The molecule has 1 amide bonds. The number of hydrogen-bond acceptors (Lipinski definition) is 6. The van der Waals surface area contributed by atoms with E-state index in [9.17, 15) is 19.4 Å². The predicted octanol–water partition coefficient (Wildman–Crippen LogP) is 11.6. The summed E-state index contributed by atoms with van der Waals surface area (Å²) in [6.07, 6.45) is 54.6. The van der Waals surface area contributed by atoms with Crippen molar-refractivity contribution in [2.75, 3.05) is 19.8 Å². The maximum Gasteiger partial charge on any atom is 0.472 e. The Hall–Kier alpha value is -2.58. The zero-order valence-electron chi connectivity index (χ0n) is 33.9. The second-order valence-electron chi connectivity index (χ2n) is 13.4. The molecule has 0 saturated carbocycles. The van der Waals surface area contributed by atoms with Crippen molar-refractivity contribution in [2.45, 2.75) is 161 Å². The van der Waals surface area contributed by atoms with E-state index in [2.05, 4.69) is 104 Å². The van der Waals surface area contributed by atoms with E-state index < -0.39 is 20.0 Å². The minimum atomic E-state index is -4.36. The first-order valence-corrected chi connectivity index (χ1v) is 22.4. The van der Waals surface area contributed by atoms with Gasteiger partial charge in [-0.05, 0) is 83.5 Å². The van der Waals surface area contributed by atoms with Gasteiger partial charge in [-0.25, -0.2) is 4.57 Å². The second kappa shape index (κ2) is 40.1. The number of aliphatic hydroxyl groups is 1. The highest BCUT2D eigenvalue weighted by molar-refractivity contribution is 7.47. The van der Waals surface area contributed by atoms with Crippen LogP contribution in [0.3, 0.4) is 0 Å². The van der Waals surface area contributed by atoms with Crippen molar-refractivity contribution in [2.24, 2.45) is 5.73 Å². The molecule has 0 rings (SSSR count). The summed E-state index contributed by atoms with van der Waals surface area (Å²) in [5.74, 6) is -0.226. The van der Waals surface area contributed by atoms with Gasteiger partial charge < -0.3 is 21.1 Å². The van der Waals surface area contributed by atoms with Crippen molar-refractivity contribution < 1.29 is 28.4 Å². The van der Waals surface area contributed by atoms with E-state index in [1.165, 1.54) is 32.1 Å². The molecule has 3 unspecified atom stereocenters. The maximum atomic E-state index is 12.7. The number of aliphatic hydroxyl groups excluding tert-OH is 1. The molecule has 308 valence electrons. The molecular weight excluding hydrogens is 695 g/mol. The molecule has 3 atom stereocenters. The Bertz CT molecular complexity index is 1160. The van der Waals surface area contributed by atoms with E-state index >= 15 is 0 Å². The highest BCUT2D eigenvalue weighted by atomic mass is 31.2. The predicted molar refractivity (Wildman–Crippen MR) is 230 cm³/mol. The van der Waals surface area contributed by atoms with Gasteiger partial charge in [-0.1, -0.05) is 156 Å². The highest BCUT2D eigenvalue weighted by Gasteiger charge is 2.26. The first-order chi connectivity index (χ1) is 26.4. The van der Waals surface area contributed by atoms with Crippen LogP contribution in [0.5, 0.6) is 0 Å². The van der Waals surface area contributed by atoms with E-state index in [-0.39, 0.29) is 25.7 Å². The van der Waals surface area contributed by atoms with E-state index in [4.69, 9.17) is 14.8 Å². The number of phosphoric acid groups is 1. The van der Waals surface area contributed by atoms with Crippen LogP contribution in [0.15, 0.2) is 97.2 Å². The zero-order valence-corrected chi connectivity index (χ0v) is 34.8. The topological polar surface area (TPSA) is 131 Å². The largest absolute Gasteiger partial charge is 0.472 e. The zero-order chi connectivity index (χ0) is 39.6. The van der Waals surface area contributed by atoms with Gasteiger partial charge in [0.05, 0.1) is 25.4 Å². The summed E-state index contributed by atoms with van der Waals surface area (Å²) in [4.78, 5) is 22.7. The molecule has 8 nitrogen and oxygen atoms in total. The lowest BCUT2D eigenvalue weighted by Gasteiger charge is -2.23. The number of carbonyl (C=O) groups excluding carboxylic acids is 1. The third-order valence-corrected chi connectivity index (χ3v) is 9.36. The number of amides is 1. The molecule has 0 radical (unpaired) electrons.